The Morgan fingerprint density at radius 2 is 1.74 bits per heavy atom. The van der Waals surface area contributed by atoms with E-state index in [9.17, 15) is 31.5 Å². The molecule has 144 valence electrons. The van der Waals surface area contributed by atoms with Crippen LogP contribution in [-0.4, -0.2) is 24.7 Å². The number of imide groups is 1. The van der Waals surface area contributed by atoms with E-state index in [-0.39, 0.29) is 10.7 Å². The van der Waals surface area contributed by atoms with Crippen molar-refractivity contribution in [2.45, 2.75) is 6.11 Å². The molecule has 2 N–H and O–H groups in total. The van der Waals surface area contributed by atoms with E-state index in [1.54, 1.807) is 5.32 Å². The summed E-state index contributed by atoms with van der Waals surface area (Å²) in [6.07, 6.45) is -4.08. The summed E-state index contributed by atoms with van der Waals surface area (Å²) < 4.78 is 68.9. The van der Waals surface area contributed by atoms with Crippen LogP contribution in [0.3, 0.4) is 0 Å². The van der Waals surface area contributed by atoms with Gasteiger partial charge < -0.3 is 10.1 Å². The van der Waals surface area contributed by atoms with Crippen molar-refractivity contribution in [1.82, 2.24) is 5.32 Å². The molecule has 27 heavy (non-hydrogen) atoms. The van der Waals surface area contributed by atoms with Gasteiger partial charge in [-0.05, 0) is 30.3 Å². The number of halogens is 6. The Morgan fingerprint density at radius 3 is 2.30 bits per heavy atom. The lowest BCUT2D eigenvalue weighted by molar-refractivity contribution is -0.186. The molecule has 0 heterocycles. The highest BCUT2D eigenvalue weighted by atomic mass is 35.5. The number of urea groups is 1. The number of nitrogens with one attached hydrogen (secondary N) is 2. The Kier molecular flexibility index (Phi) is 6.21. The van der Waals surface area contributed by atoms with Gasteiger partial charge in [0.1, 0.15) is 22.9 Å². The number of benzene rings is 2. The third kappa shape index (κ3) is 5.30. The molecule has 11 heteroatoms. The molecular weight excluding hydrogens is 399 g/mol. The van der Waals surface area contributed by atoms with Crippen molar-refractivity contribution in [2.75, 3.05) is 12.0 Å². The smallest absolute Gasteiger partial charge is 0.427 e. The molecule has 2 aromatic rings. The summed E-state index contributed by atoms with van der Waals surface area (Å²) in [6.45, 7) is -2.07. The topological polar surface area (TPSA) is 67.4 Å². The molecule has 0 fully saturated rings. The third-order valence-corrected chi connectivity index (χ3v) is 3.32. The monoisotopic (exact) mass is 408 g/mol. The summed E-state index contributed by atoms with van der Waals surface area (Å²) in [7, 11) is 0. The highest BCUT2D eigenvalue weighted by Crippen LogP contribution is 2.31. The molecule has 0 atom stereocenters. The first-order valence-electron chi connectivity index (χ1n) is 7.11. The zero-order valence-corrected chi connectivity index (χ0v) is 13.9. The van der Waals surface area contributed by atoms with Gasteiger partial charge in [-0.3, -0.25) is 10.1 Å². The van der Waals surface area contributed by atoms with Crippen LogP contribution in [0.25, 0.3) is 0 Å². The molecule has 0 saturated heterocycles. The van der Waals surface area contributed by atoms with E-state index in [1.807, 2.05) is 0 Å². The quantitative estimate of drug-likeness (QED) is 0.715. The van der Waals surface area contributed by atoms with E-state index < -0.39 is 47.7 Å². The van der Waals surface area contributed by atoms with Gasteiger partial charge in [-0.25, -0.2) is 18.0 Å². The van der Waals surface area contributed by atoms with Crippen LogP contribution in [0.5, 0.6) is 5.75 Å². The van der Waals surface area contributed by atoms with E-state index >= 15 is 0 Å². The molecule has 0 aliphatic carbocycles. The summed E-state index contributed by atoms with van der Waals surface area (Å²) in [5.41, 5.74) is -1.02. The minimum atomic E-state index is -4.08. The standard InChI is InChI=1S/C16H10ClF5N2O3/c17-9-6-8(4-5-12(9)27-16(21,22)7-18)23-15(26)24-14(25)13-10(19)2-1-3-11(13)20/h1-6H,7H2,(H2,23,24,25,26). The predicted octanol–water partition coefficient (Wildman–Crippen LogP) is 4.52. The summed E-state index contributed by atoms with van der Waals surface area (Å²) in [4.78, 5) is 23.5. The number of hydrogen-bond acceptors (Lipinski definition) is 3. The first kappa shape index (κ1) is 20.4. The SMILES string of the molecule is O=C(NC(=O)c1c(F)cccc1F)Nc1ccc(OC(F)(F)CF)c(Cl)c1. The molecule has 0 spiro atoms. The minimum Gasteiger partial charge on any atom is -0.429 e. The van der Waals surface area contributed by atoms with Crippen LogP contribution < -0.4 is 15.4 Å². The Morgan fingerprint density at radius 1 is 1.11 bits per heavy atom. The van der Waals surface area contributed by atoms with Crippen LogP contribution in [0.1, 0.15) is 10.4 Å². The second-order valence-electron chi connectivity index (χ2n) is 5.02. The Bertz CT molecular complexity index is 859. The van der Waals surface area contributed by atoms with Crippen molar-refractivity contribution in [2.24, 2.45) is 0 Å². The van der Waals surface area contributed by atoms with Crippen molar-refractivity contribution in [1.29, 1.82) is 0 Å². The molecular formula is C16H10ClF5N2O3. The maximum atomic E-state index is 13.5. The van der Waals surface area contributed by atoms with Crippen LogP contribution >= 0.6 is 11.6 Å². The zero-order chi connectivity index (χ0) is 20.2. The molecule has 0 aliphatic rings. The fourth-order valence-corrected chi connectivity index (χ4v) is 2.11. The van der Waals surface area contributed by atoms with E-state index in [0.29, 0.717) is 0 Å². The molecule has 5 nitrogen and oxygen atoms in total. The lowest BCUT2D eigenvalue weighted by Crippen LogP contribution is -2.35. The van der Waals surface area contributed by atoms with Crippen molar-refractivity contribution in [3.05, 3.63) is 58.6 Å². The first-order chi connectivity index (χ1) is 12.6. The van der Waals surface area contributed by atoms with Gasteiger partial charge in [-0.2, -0.15) is 8.78 Å². The normalized spacial score (nSPS) is 11.0. The second kappa shape index (κ2) is 8.21. The molecule has 2 rings (SSSR count). The molecule has 0 unspecified atom stereocenters. The third-order valence-electron chi connectivity index (χ3n) is 3.02. The molecule has 0 aromatic heterocycles. The molecule has 0 radical (unpaired) electrons. The summed E-state index contributed by atoms with van der Waals surface area (Å²) >= 11 is 5.70. The molecule has 3 amide bonds. The number of amides is 3. The zero-order valence-electron chi connectivity index (χ0n) is 13.2. The van der Waals surface area contributed by atoms with E-state index in [0.717, 1.165) is 36.4 Å². The summed E-state index contributed by atoms with van der Waals surface area (Å²) in [6, 6.07) is 4.53. The van der Waals surface area contributed by atoms with Crippen LogP contribution in [-0.2, 0) is 0 Å². The average Bonchev–Trinajstić information content (AvgIpc) is 2.57. The molecule has 0 saturated carbocycles. The van der Waals surface area contributed by atoms with Gasteiger partial charge in [0.05, 0.1) is 5.02 Å². The van der Waals surface area contributed by atoms with Crippen LogP contribution in [0.15, 0.2) is 36.4 Å². The first-order valence-corrected chi connectivity index (χ1v) is 7.49. The van der Waals surface area contributed by atoms with Crippen LogP contribution in [0.2, 0.25) is 5.02 Å². The van der Waals surface area contributed by atoms with E-state index in [1.165, 1.54) is 0 Å². The highest BCUT2D eigenvalue weighted by Gasteiger charge is 2.32. The van der Waals surface area contributed by atoms with Gasteiger partial charge >= 0.3 is 12.1 Å². The predicted molar refractivity (Wildman–Crippen MR) is 85.8 cm³/mol. The van der Waals surface area contributed by atoms with Crippen LogP contribution in [0, 0.1) is 11.6 Å². The van der Waals surface area contributed by atoms with Gasteiger partial charge in [0.15, 0.2) is 6.67 Å². The maximum absolute atomic E-state index is 13.5. The molecule has 0 aliphatic heterocycles. The van der Waals surface area contributed by atoms with Crippen molar-refractivity contribution < 1.29 is 36.3 Å². The summed E-state index contributed by atoms with van der Waals surface area (Å²) in [5, 5.41) is 3.42. The fraction of sp³-hybridized carbons (Fsp3) is 0.125. The highest BCUT2D eigenvalue weighted by molar-refractivity contribution is 6.32. The summed E-state index contributed by atoms with van der Waals surface area (Å²) in [5.74, 6) is -4.22. The Labute approximate surface area is 154 Å². The minimum absolute atomic E-state index is 0.0600. The number of carbonyl (C=O) groups excluding carboxylic acids is 2. The number of ether oxygens (including phenoxy) is 1. The van der Waals surface area contributed by atoms with Gasteiger partial charge in [-0.15, -0.1) is 0 Å². The van der Waals surface area contributed by atoms with Crippen molar-refractivity contribution in [3.8, 4) is 5.75 Å². The average molecular weight is 409 g/mol. The van der Waals surface area contributed by atoms with Gasteiger partial charge in [-0.1, -0.05) is 17.7 Å². The second-order valence-corrected chi connectivity index (χ2v) is 5.43. The van der Waals surface area contributed by atoms with E-state index in [4.69, 9.17) is 11.6 Å². The van der Waals surface area contributed by atoms with Crippen molar-refractivity contribution >= 4 is 29.2 Å². The largest absolute Gasteiger partial charge is 0.429 e. The van der Waals surface area contributed by atoms with E-state index in [2.05, 4.69) is 10.1 Å². The van der Waals surface area contributed by atoms with Gasteiger partial charge in [0.2, 0.25) is 0 Å². The Balaban J connectivity index is 2.06. The number of rotatable bonds is 5. The molecule has 0 bridgehead atoms. The number of hydrogen-bond donors (Lipinski definition) is 2. The number of alkyl halides is 3. The lowest BCUT2D eigenvalue weighted by atomic mass is 10.2. The molecule has 2 aromatic carbocycles. The fourth-order valence-electron chi connectivity index (χ4n) is 1.89. The Hall–Kier alpha value is -2.88. The number of anilines is 1. The van der Waals surface area contributed by atoms with Gasteiger partial charge in [0.25, 0.3) is 5.91 Å². The van der Waals surface area contributed by atoms with Crippen LogP contribution in [0.4, 0.5) is 32.4 Å². The lowest BCUT2D eigenvalue weighted by Gasteiger charge is -2.16. The maximum Gasteiger partial charge on any atom is 0.427 e. The van der Waals surface area contributed by atoms with Gasteiger partial charge in [0, 0.05) is 5.69 Å². The van der Waals surface area contributed by atoms with Crippen molar-refractivity contribution in [3.63, 3.8) is 0 Å². The number of carbonyl (C=O) groups is 2.